The van der Waals surface area contributed by atoms with E-state index in [2.05, 4.69) is 0 Å². The molecule has 3 aliphatic rings. The van der Waals surface area contributed by atoms with Crippen LogP contribution in [0, 0.1) is 11.8 Å². The van der Waals surface area contributed by atoms with Gasteiger partial charge in [0.25, 0.3) is 0 Å². The van der Waals surface area contributed by atoms with Crippen molar-refractivity contribution in [3.8, 4) is 0 Å². The van der Waals surface area contributed by atoms with Crippen molar-refractivity contribution >= 4 is 17.4 Å². The first-order valence-electron chi connectivity index (χ1n) is 4.34. The fraction of sp³-hybridized carbons (Fsp3) is 0.667. The minimum absolute atomic E-state index is 0.0660. The lowest BCUT2D eigenvalue weighted by Gasteiger charge is -2.19. The first-order valence-corrected chi connectivity index (χ1v) is 4.71. The predicted molar refractivity (Wildman–Crippen MR) is 43.8 cm³/mol. The van der Waals surface area contributed by atoms with Gasteiger partial charge in [-0.25, -0.2) is 0 Å². The van der Waals surface area contributed by atoms with Crippen molar-refractivity contribution in [3.63, 3.8) is 0 Å². The lowest BCUT2D eigenvalue weighted by molar-refractivity contribution is -0.119. The van der Waals surface area contributed by atoms with Crippen molar-refractivity contribution in [2.45, 2.75) is 25.0 Å². The Bertz CT molecular complexity index is 284. The molecule has 2 bridgehead atoms. The monoisotopic (exact) mass is 184 g/mol. The Kier molecular flexibility index (Phi) is 1.25. The molecule has 0 aromatic heterocycles. The fourth-order valence-corrected chi connectivity index (χ4v) is 3.10. The molecule has 0 radical (unpaired) electrons. The summed E-state index contributed by atoms with van der Waals surface area (Å²) >= 11 is 5.96. The van der Waals surface area contributed by atoms with Gasteiger partial charge in [0.15, 0.2) is 5.78 Å². The summed E-state index contributed by atoms with van der Waals surface area (Å²) in [5.74, 6) is 0.450. The molecule has 12 heavy (non-hydrogen) atoms. The van der Waals surface area contributed by atoms with Crippen LogP contribution in [-0.4, -0.2) is 18.0 Å². The highest BCUT2D eigenvalue weighted by atomic mass is 35.5. The second-order valence-corrected chi connectivity index (χ2v) is 4.21. The van der Waals surface area contributed by atoms with Crippen molar-refractivity contribution < 1.29 is 9.53 Å². The number of hydrogen-bond acceptors (Lipinski definition) is 2. The fourth-order valence-electron chi connectivity index (χ4n) is 2.72. The third-order valence-corrected chi connectivity index (χ3v) is 3.56. The van der Waals surface area contributed by atoms with E-state index < -0.39 is 0 Å². The Morgan fingerprint density at radius 3 is 2.67 bits per heavy atom. The molecular weight excluding hydrogens is 176 g/mol. The lowest BCUT2D eigenvalue weighted by atomic mass is 9.81. The summed E-state index contributed by atoms with van der Waals surface area (Å²) in [5.41, 5.74) is 0. The summed E-state index contributed by atoms with van der Waals surface area (Å²) in [6, 6.07) is 0. The topological polar surface area (TPSA) is 26.3 Å². The van der Waals surface area contributed by atoms with Gasteiger partial charge in [0.2, 0.25) is 0 Å². The molecule has 0 amide bonds. The number of ketones is 1. The molecule has 0 aromatic carbocycles. The van der Waals surface area contributed by atoms with E-state index in [1.54, 1.807) is 6.08 Å². The smallest absolute Gasteiger partial charge is 0.163 e. The zero-order valence-electron chi connectivity index (χ0n) is 6.50. The van der Waals surface area contributed by atoms with Crippen molar-refractivity contribution in [2.75, 3.05) is 0 Å². The molecule has 3 heteroatoms. The molecular formula is C9H9ClO2. The van der Waals surface area contributed by atoms with E-state index in [1.165, 1.54) is 0 Å². The molecule has 4 atom stereocenters. The maximum absolute atomic E-state index is 11.4. The molecule has 0 spiro atoms. The van der Waals surface area contributed by atoms with Gasteiger partial charge in [-0.2, -0.15) is 0 Å². The van der Waals surface area contributed by atoms with E-state index in [0.29, 0.717) is 0 Å². The number of ether oxygens (including phenoxy) is 1. The van der Waals surface area contributed by atoms with Crippen LogP contribution in [0.2, 0.25) is 0 Å². The molecule has 0 aromatic rings. The highest BCUT2D eigenvalue weighted by Gasteiger charge is 2.55. The Balaban J connectivity index is 2.03. The maximum atomic E-state index is 11.4. The molecule has 2 fully saturated rings. The molecule has 2 saturated heterocycles. The largest absolute Gasteiger partial charge is 0.374 e. The predicted octanol–water partition coefficient (Wildman–Crippen LogP) is 1.49. The quantitative estimate of drug-likeness (QED) is 0.570. The van der Waals surface area contributed by atoms with Crippen LogP contribution in [-0.2, 0) is 9.53 Å². The molecule has 2 nitrogen and oxygen atoms in total. The third kappa shape index (κ3) is 0.679. The Labute approximate surface area is 75.5 Å². The lowest BCUT2D eigenvalue weighted by Crippen LogP contribution is -2.28. The second kappa shape index (κ2) is 2.12. The molecule has 0 N–H and O–H groups in total. The summed E-state index contributed by atoms with van der Waals surface area (Å²) in [7, 11) is 0. The minimum Gasteiger partial charge on any atom is -0.374 e. The zero-order chi connectivity index (χ0) is 8.29. The minimum atomic E-state index is 0.0660. The van der Waals surface area contributed by atoms with Crippen LogP contribution in [0.3, 0.4) is 0 Å². The number of allylic oxidation sites excluding steroid dienone is 1. The summed E-state index contributed by atoms with van der Waals surface area (Å²) in [6.07, 6.45) is 4.10. The number of halogens is 1. The van der Waals surface area contributed by atoms with Crippen molar-refractivity contribution in [3.05, 3.63) is 11.1 Å². The number of carbonyl (C=O) groups excluding carboxylic acids is 1. The van der Waals surface area contributed by atoms with Crippen LogP contribution >= 0.6 is 11.6 Å². The van der Waals surface area contributed by atoms with Crippen LogP contribution in [0.1, 0.15) is 12.8 Å². The van der Waals surface area contributed by atoms with Gasteiger partial charge in [-0.1, -0.05) is 11.6 Å². The van der Waals surface area contributed by atoms with Crippen molar-refractivity contribution in [2.24, 2.45) is 11.8 Å². The van der Waals surface area contributed by atoms with Gasteiger partial charge in [-0.15, -0.1) is 0 Å². The molecule has 0 unspecified atom stereocenters. The van der Waals surface area contributed by atoms with E-state index in [9.17, 15) is 4.79 Å². The Morgan fingerprint density at radius 1 is 1.33 bits per heavy atom. The van der Waals surface area contributed by atoms with Gasteiger partial charge in [-0.3, -0.25) is 4.79 Å². The van der Waals surface area contributed by atoms with Crippen LogP contribution in [0.15, 0.2) is 11.1 Å². The van der Waals surface area contributed by atoms with Gasteiger partial charge < -0.3 is 4.74 Å². The van der Waals surface area contributed by atoms with Crippen LogP contribution in [0.5, 0.6) is 0 Å². The maximum Gasteiger partial charge on any atom is 0.163 e. The number of hydrogen-bond donors (Lipinski definition) is 0. The van der Waals surface area contributed by atoms with Crippen LogP contribution < -0.4 is 0 Å². The molecule has 64 valence electrons. The van der Waals surface area contributed by atoms with Crippen molar-refractivity contribution in [1.82, 2.24) is 0 Å². The Hall–Kier alpha value is -0.340. The first kappa shape index (κ1) is 7.10. The summed E-state index contributed by atoms with van der Waals surface area (Å²) in [6.45, 7) is 0. The second-order valence-electron chi connectivity index (χ2n) is 3.77. The highest BCUT2D eigenvalue weighted by molar-refractivity contribution is 6.33. The van der Waals surface area contributed by atoms with E-state index in [1.807, 2.05) is 0 Å². The van der Waals surface area contributed by atoms with E-state index in [0.717, 1.165) is 17.9 Å². The summed E-state index contributed by atoms with van der Waals surface area (Å²) < 4.78 is 5.63. The number of fused-ring (bicyclic) bond motifs is 5. The van der Waals surface area contributed by atoms with Gasteiger partial charge in [0, 0.05) is 11.0 Å². The summed E-state index contributed by atoms with van der Waals surface area (Å²) in [5, 5.41) is 0.720. The van der Waals surface area contributed by atoms with E-state index >= 15 is 0 Å². The summed E-state index contributed by atoms with van der Waals surface area (Å²) in [4.78, 5) is 11.4. The molecule has 2 heterocycles. The highest BCUT2D eigenvalue weighted by Crippen LogP contribution is 2.51. The SMILES string of the molecule is O=C1C=C(Cl)[C@@H]2[C@H]1[C@H]1CC[C@@H]2O1. The zero-order valence-corrected chi connectivity index (χ0v) is 7.25. The van der Waals surface area contributed by atoms with Gasteiger partial charge in [0.1, 0.15) is 0 Å². The standard InChI is InChI=1S/C9H9ClO2/c10-4-3-5(11)9-7-2-1-6(12-7)8(4)9/h3,6-9H,1-2H2/t6-,7+,8-,9+/m0/s1. The normalized spacial score (nSPS) is 49.8. The molecule has 3 rings (SSSR count). The number of rotatable bonds is 0. The van der Waals surface area contributed by atoms with E-state index in [4.69, 9.17) is 16.3 Å². The molecule has 1 aliphatic carbocycles. The van der Waals surface area contributed by atoms with Crippen molar-refractivity contribution in [1.29, 1.82) is 0 Å². The van der Waals surface area contributed by atoms with Gasteiger partial charge in [-0.05, 0) is 18.9 Å². The van der Waals surface area contributed by atoms with Gasteiger partial charge in [0.05, 0.1) is 18.1 Å². The average molecular weight is 185 g/mol. The number of carbonyl (C=O) groups is 1. The molecule has 0 saturated carbocycles. The third-order valence-electron chi connectivity index (χ3n) is 3.20. The van der Waals surface area contributed by atoms with Gasteiger partial charge >= 0.3 is 0 Å². The first-order chi connectivity index (χ1) is 5.77. The molecule has 2 aliphatic heterocycles. The van der Waals surface area contributed by atoms with E-state index in [-0.39, 0.29) is 29.8 Å². The average Bonchev–Trinajstić information content (AvgIpc) is 2.64. The van der Waals surface area contributed by atoms with Crippen LogP contribution in [0.4, 0.5) is 0 Å². The van der Waals surface area contributed by atoms with Crippen LogP contribution in [0.25, 0.3) is 0 Å². The Morgan fingerprint density at radius 2 is 2.00 bits per heavy atom.